The van der Waals surface area contributed by atoms with Crippen molar-refractivity contribution in [3.8, 4) is 0 Å². The van der Waals surface area contributed by atoms with Crippen molar-refractivity contribution in [2.75, 3.05) is 24.3 Å². The van der Waals surface area contributed by atoms with Crippen molar-refractivity contribution in [1.29, 1.82) is 0 Å². The van der Waals surface area contributed by atoms with Crippen LogP contribution in [0.15, 0.2) is 18.2 Å². The van der Waals surface area contributed by atoms with Gasteiger partial charge in [-0.05, 0) is 66.7 Å². The summed E-state index contributed by atoms with van der Waals surface area (Å²) in [4.78, 5) is 2.17. The number of hydrogen-bond acceptors (Lipinski definition) is 2. The normalized spacial score (nSPS) is 33.2. The summed E-state index contributed by atoms with van der Waals surface area (Å²) >= 11 is 0. The quantitative estimate of drug-likeness (QED) is 0.867. The molecule has 0 heterocycles. The van der Waals surface area contributed by atoms with Crippen molar-refractivity contribution >= 4 is 11.4 Å². The van der Waals surface area contributed by atoms with E-state index in [1.807, 2.05) is 0 Å². The molecule has 3 rings (SSSR count). The van der Waals surface area contributed by atoms with Crippen molar-refractivity contribution < 1.29 is 0 Å². The van der Waals surface area contributed by atoms with Crippen molar-refractivity contribution in [1.82, 2.24) is 0 Å². The number of nitrogens with zero attached hydrogens (tertiary/aromatic N) is 1. The highest BCUT2D eigenvalue weighted by Gasteiger charge is 2.59. The Hall–Kier alpha value is -1.18. The predicted octanol–water partition coefficient (Wildman–Crippen LogP) is 4.69. The first kappa shape index (κ1) is 14.7. The molecule has 3 atom stereocenters. The highest BCUT2D eigenvalue weighted by molar-refractivity contribution is 5.60. The molecule has 2 heteroatoms. The van der Waals surface area contributed by atoms with E-state index in [0.29, 0.717) is 16.9 Å². The van der Waals surface area contributed by atoms with Gasteiger partial charge in [0, 0.05) is 31.5 Å². The van der Waals surface area contributed by atoms with Crippen LogP contribution in [-0.4, -0.2) is 20.1 Å². The van der Waals surface area contributed by atoms with E-state index in [-0.39, 0.29) is 0 Å². The van der Waals surface area contributed by atoms with Crippen LogP contribution in [0.3, 0.4) is 0 Å². The van der Waals surface area contributed by atoms with Crippen LogP contribution in [0.25, 0.3) is 0 Å². The molecule has 1 aromatic rings. The third-order valence-corrected chi connectivity index (χ3v) is 6.30. The van der Waals surface area contributed by atoms with Crippen LogP contribution in [0.2, 0.25) is 0 Å². The maximum absolute atomic E-state index is 3.92. The van der Waals surface area contributed by atoms with Crippen LogP contribution in [0, 0.1) is 23.7 Å². The summed E-state index contributed by atoms with van der Waals surface area (Å²) in [6.07, 6.45) is 4.19. The van der Waals surface area contributed by atoms with Crippen molar-refractivity contribution in [2.45, 2.75) is 53.0 Å². The van der Waals surface area contributed by atoms with Gasteiger partial charge in [-0.25, -0.2) is 0 Å². The number of fused-ring (bicyclic) bond motifs is 2. The lowest BCUT2D eigenvalue weighted by molar-refractivity contribution is 0.155. The Balaban J connectivity index is 1.87. The first-order chi connectivity index (χ1) is 9.74. The zero-order valence-corrected chi connectivity index (χ0v) is 14.5. The fourth-order valence-electron chi connectivity index (χ4n) is 4.91. The van der Waals surface area contributed by atoms with Crippen molar-refractivity contribution in [3.05, 3.63) is 23.8 Å². The highest BCUT2D eigenvalue weighted by Crippen LogP contribution is 2.63. The summed E-state index contributed by atoms with van der Waals surface area (Å²) in [5.74, 6) is 0.890. The molecular weight excluding hydrogens is 256 g/mol. The van der Waals surface area contributed by atoms with Crippen molar-refractivity contribution in [2.24, 2.45) is 16.7 Å². The lowest BCUT2D eigenvalue weighted by Gasteiger charge is -2.44. The van der Waals surface area contributed by atoms with Crippen LogP contribution >= 0.6 is 0 Å². The molecule has 0 aliphatic heterocycles. The fraction of sp³-hybridized carbons (Fsp3) is 0.684. The lowest BCUT2D eigenvalue weighted by Crippen LogP contribution is -2.45. The molecule has 1 aromatic carbocycles. The summed E-state index contributed by atoms with van der Waals surface area (Å²) in [5, 5.41) is 3.92. The van der Waals surface area contributed by atoms with E-state index in [4.69, 9.17) is 0 Å². The maximum Gasteiger partial charge on any atom is 0.0373 e. The molecule has 2 aliphatic carbocycles. The van der Waals surface area contributed by atoms with Gasteiger partial charge in [-0.3, -0.25) is 0 Å². The molecule has 0 spiro atoms. The van der Waals surface area contributed by atoms with E-state index in [2.05, 4.69) is 70.2 Å². The average molecular weight is 286 g/mol. The largest absolute Gasteiger partial charge is 0.381 e. The van der Waals surface area contributed by atoms with Crippen LogP contribution in [0.4, 0.5) is 11.4 Å². The molecule has 0 saturated heterocycles. The van der Waals surface area contributed by atoms with Crippen molar-refractivity contribution in [3.63, 3.8) is 0 Å². The van der Waals surface area contributed by atoms with Crippen LogP contribution < -0.4 is 10.2 Å². The zero-order chi connectivity index (χ0) is 15.4. The second-order valence-electron chi connectivity index (χ2n) is 8.39. The topological polar surface area (TPSA) is 15.3 Å². The van der Waals surface area contributed by atoms with Gasteiger partial charge in [0.05, 0.1) is 0 Å². The third-order valence-electron chi connectivity index (χ3n) is 6.30. The standard InChI is InChI=1S/C19H30N2/c1-13-11-15(21(5)6)7-8-16(13)20-17-18(2,3)14-9-10-19(17,4)12-14/h7-8,11,14,17,20H,9-10,12H2,1-6H3/t14-,17?,19+/m0/s1. The SMILES string of the molecule is Cc1cc(N(C)C)ccc1NC1C(C)(C)[C@H]2CC[C@]1(C)C2. The maximum atomic E-state index is 3.92. The average Bonchev–Trinajstić information content (AvgIpc) is 2.87. The summed E-state index contributed by atoms with van der Waals surface area (Å²) < 4.78 is 0. The van der Waals surface area contributed by atoms with E-state index in [9.17, 15) is 0 Å². The van der Waals surface area contributed by atoms with Gasteiger partial charge in [-0.2, -0.15) is 0 Å². The van der Waals surface area contributed by atoms with Gasteiger partial charge in [0.25, 0.3) is 0 Å². The molecule has 2 bridgehead atoms. The third kappa shape index (κ3) is 2.23. The second kappa shape index (κ2) is 4.66. The minimum Gasteiger partial charge on any atom is -0.381 e. The minimum absolute atomic E-state index is 0.402. The Morgan fingerprint density at radius 1 is 1.19 bits per heavy atom. The molecule has 2 nitrogen and oxygen atoms in total. The molecule has 0 aromatic heterocycles. The van der Waals surface area contributed by atoms with Crippen LogP contribution in [0.1, 0.15) is 45.6 Å². The fourth-order valence-corrected chi connectivity index (χ4v) is 4.91. The number of nitrogens with one attached hydrogen (secondary N) is 1. The molecular formula is C19H30N2. The Kier molecular flexibility index (Phi) is 3.27. The molecule has 1 unspecified atom stereocenters. The monoisotopic (exact) mass is 286 g/mol. The lowest BCUT2D eigenvalue weighted by atomic mass is 9.68. The number of hydrogen-bond donors (Lipinski definition) is 1. The van der Waals surface area contributed by atoms with Crippen LogP contribution in [-0.2, 0) is 0 Å². The molecule has 2 aliphatic rings. The van der Waals surface area contributed by atoms with E-state index in [1.165, 1.54) is 36.2 Å². The summed E-state index contributed by atoms with van der Waals surface area (Å²) in [6, 6.07) is 7.35. The van der Waals surface area contributed by atoms with E-state index in [0.717, 1.165) is 5.92 Å². The first-order valence-electron chi connectivity index (χ1n) is 8.28. The Morgan fingerprint density at radius 3 is 2.43 bits per heavy atom. The van der Waals surface area contributed by atoms with Gasteiger partial charge in [0.2, 0.25) is 0 Å². The van der Waals surface area contributed by atoms with E-state index in [1.54, 1.807) is 0 Å². The number of anilines is 2. The van der Waals surface area contributed by atoms with E-state index >= 15 is 0 Å². The Morgan fingerprint density at radius 2 is 1.90 bits per heavy atom. The molecule has 2 fully saturated rings. The molecule has 2 saturated carbocycles. The minimum atomic E-state index is 0.402. The van der Waals surface area contributed by atoms with Gasteiger partial charge in [-0.15, -0.1) is 0 Å². The zero-order valence-electron chi connectivity index (χ0n) is 14.5. The highest BCUT2D eigenvalue weighted by atomic mass is 15.1. The summed E-state index contributed by atoms with van der Waals surface area (Å²) in [7, 11) is 4.20. The molecule has 116 valence electrons. The molecule has 1 N–H and O–H groups in total. The van der Waals surface area contributed by atoms with Crippen LogP contribution in [0.5, 0.6) is 0 Å². The number of rotatable bonds is 3. The molecule has 0 radical (unpaired) electrons. The summed E-state index contributed by atoms with van der Waals surface area (Å²) in [6.45, 7) is 9.63. The molecule has 21 heavy (non-hydrogen) atoms. The Bertz CT molecular complexity index is 542. The number of benzene rings is 1. The van der Waals surface area contributed by atoms with Gasteiger partial charge >= 0.3 is 0 Å². The van der Waals surface area contributed by atoms with Gasteiger partial charge in [-0.1, -0.05) is 20.8 Å². The number of aryl methyl sites for hydroxylation is 1. The van der Waals surface area contributed by atoms with Gasteiger partial charge in [0.1, 0.15) is 0 Å². The summed E-state index contributed by atoms with van der Waals surface area (Å²) in [5.41, 5.74) is 4.81. The van der Waals surface area contributed by atoms with Gasteiger partial charge < -0.3 is 10.2 Å². The molecule has 0 amide bonds. The van der Waals surface area contributed by atoms with Gasteiger partial charge in [0.15, 0.2) is 0 Å². The van der Waals surface area contributed by atoms with E-state index < -0.39 is 0 Å². The first-order valence-corrected chi connectivity index (χ1v) is 8.28. The smallest absolute Gasteiger partial charge is 0.0373 e. The second-order valence-corrected chi connectivity index (χ2v) is 8.39. The predicted molar refractivity (Wildman–Crippen MR) is 92.1 cm³/mol. The Labute approximate surface area is 129 Å².